The van der Waals surface area contributed by atoms with Crippen LogP contribution in [0.3, 0.4) is 0 Å². The molecule has 2 aliphatic rings. The summed E-state index contributed by atoms with van der Waals surface area (Å²) in [6.45, 7) is 16.1. The van der Waals surface area contributed by atoms with E-state index in [4.69, 9.17) is 0 Å². The normalized spacial score (nSPS) is 25.6. The number of piperidine rings is 2. The van der Waals surface area contributed by atoms with Crippen molar-refractivity contribution >= 4 is 0 Å². The second-order valence-electron chi connectivity index (χ2n) is 7.65. The topological polar surface area (TPSA) is 6.48 Å². The van der Waals surface area contributed by atoms with Crippen LogP contribution in [0.1, 0.15) is 59.8 Å². The van der Waals surface area contributed by atoms with Crippen molar-refractivity contribution in [3.8, 4) is 0 Å². The van der Waals surface area contributed by atoms with E-state index in [0.717, 1.165) is 12.0 Å². The van der Waals surface area contributed by atoms with E-state index in [1.54, 1.807) is 0 Å². The molecular weight excluding hydrogens is 232 g/mol. The molecule has 0 radical (unpaired) electrons. The Kier molecular flexibility index (Phi) is 5.30. The molecule has 2 saturated heterocycles. The molecule has 2 heterocycles. The largest absolute Gasteiger partial charge is 0.303 e. The molecule has 0 aliphatic carbocycles. The van der Waals surface area contributed by atoms with Gasteiger partial charge in [-0.25, -0.2) is 0 Å². The Bertz CT molecular complexity index is 254. The fourth-order valence-corrected chi connectivity index (χ4v) is 3.71. The molecule has 112 valence electrons. The van der Waals surface area contributed by atoms with Crippen LogP contribution < -0.4 is 0 Å². The molecule has 1 spiro atoms. The Hall–Kier alpha value is -0.0800. The van der Waals surface area contributed by atoms with E-state index in [0.29, 0.717) is 5.41 Å². The maximum atomic E-state index is 2.71. The van der Waals surface area contributed by atoms with Crippen molar-refractivity contribution in [2.75, 3.05) is 32.7 Å². The molecule has 2 heteroatoms. The van der Waals surface area contributed by atoms with Gasteiger partial charge < -0.3 is 9.80 Å². The summed E-state index contributed by atoms with van der Waals surface area (Å²) >= 11 is 0. The number of hydrogen-bond acceptors (Lipinski definition) is 2. The molecule has 0 unspecified atom stereocenters. The predicted octanol–water partition coefficient (Wildman–Crippen LogP) is 3.62. The summed E-state index contributed by atoms with van der Waals surface area (Å²) in [4.78, 5) is 5.37. The first-order chi connectivity index (χ1) is 9.01. The summed E-state index contributed by atoms with van der Waals surface area (Å²) in [5, 5.41) is 0. The van der Waals surface area contributed by atoms with Crippen molar-refractivity contribution in [2.45, 2.75) is 65.8 Å². The highest BCUT2D eigenvalue weighted by molar-refractivity contribution is 4.91. The van der Waals surface area contributed by atoms with Crippen LogP contribution in [-0.4, -0.2) is 48.6 Å². The first-order valence-electron chi connectivity index (χ1n) is 8.47. The van der Waals surface area contributed by atoms with Gasteiger partial charge in [-0.1, -0.05) is 13.8 Å². The minimum atomic E-state index is 0.708. The number of nitrogens with zero attached hydrogens (tertiary/aromatic N) is 2. The Labute approximate surface area is 120 Å². The number of hydrogen-bond donors (Lipinski definition) is 0. The molecule has 0 N–H and O–H groups in total. The standard InChI is InChI=1S/C17H34N2/c1-15(2)5-10-18-11-6-17(7-12-18)8-13-19(14-9-17)16(3)4/h15-16H,5-14H2,1-4H3. The van der Waals surface area contributed by atoms with Gasteiger partial charge in [0.05, 0.1) is 0 Å². The fraction of sp³-hybridized carbons (Fsp3) is 1.00. The third-order valence-corrected chi connectivity index (χ3v) is 5.53. The van der Waals surface area contributed by atoms with Gasteiger partial charge in [-0.2, -0.15) is 0 Å². The molecule has 2 fully saturated rings. The van der Waals surface area contributed by atoms with Gasteiger partial charge in [0.1, 0.15) is 0 Å². The third kappa shape index (κ3) is 4.19. The fourth-order valence-electron chi connectivity index (χ4n) is 3.71. The van der Waals surface area contributed by atoms with Crippen LogP contribution in [0.25, 0.3) is 0 Å². The maximum absolute atomic E-state index is 2.71. The molecule has 0 aromatic rings. The van der Waals surface area contributed by atoms with Crippen molar-refractivity contribution < 1.29 is 0 Å². The highest BCUT2D eigenvalue weighted by Crippen LogP contribution is 2.41. The zero-order chi connectivity index (χ0) is 13.9. The van der Waals surface area contributed by atoms with Gasteiger partial charge in [-0.05, 0) is 90.0 Å². The summed E-state index contributed by atoms with van der Waals surface area (Å²) in [6.07, 6.45) is 7.18. The van der Waals surface area contributed by atoms with E-state index in [-0.39, 0.29) is 0 Å². The van der Waals surface area contributed by atoms with Gasteiger partial charge in [0.2, 0.25) is 0 Å². The van der Waals surface area contributed by atoms with Gasteiger partial charge >= 0.3 is 0 Å². The van der Waals surface area contributed by atoms with Gasteiger partial charge in [-0.15, -0.1) is 0 Å². The van der Waals surface area contributed by atoms with Gasteiger partial charge in [0, 0.05) is 6.04 Å². The summed E-state index contributed by atoms with van der Waals surface area (Å²) < 4.78 is 0. The highest BCUT2D eigenvalue weighted by Gasteiger charge is 2.37. The Balaban J connectivity index is 1.74. The predicted molar refractivity (Wildman–Crippen MR) is 83.5 cm³/mol. The maximum Gasteiger partial charge on any atom is 0.00385 e. The van der Waals surface area contributed by atoms with E-state index < -0.39 is 0 Å². The SMILES string of the molecule is CC(C)CCN1CCC2(CC1)CCN(C(C)C)CC2. The molecule has 2 rings (SSSR count). The van der Waals surface area contributed by atoms with Crippen LogP contribution >= 0.6 is 0 Å². The zero-order valence-corrected chi connectivity index (χ0v) is 13.6. The van der Waals surface area contributed by atoms with E-state index in [2.05, 4.69) is 37.5 Å². The summed E-state index contributed by atoms with van der Waals surface area (Å²) in [5.74, 6) is 0.852. The first kappa shape index (κ1) is 15.3. The van der Waals surface area contributed by atoms with Crippen molar-refractivity contribution in [3.63, 3.8) is 0 Å². The summed E-state index contributed by atoms with van der Waals surface area (Å²) in [6, 6.07) is 0.739. The summed E-state index contributed by atoms with van der Waals surface area (Å²) in [5.41, 5.74) is 0.708. The van der Waals surface area contributed by atoms with Crippen LogP contribution in [0.4, 0.5) is 0 Å². The smallest absolute Gasteiger partial charge is 0.00385 e. The van der Waals surface area contributed by atoms with Gasteiger partial charge in [-0.3, -0.25) is 0 Å². The van der Waals surface area contributed by atoms with Crippen LogP contribution in [0.15, 0.2) is 0 Å². The molecule has 2 nitrogen and oxygen atoms in total. The summed E-state index contributed by atoms with van der Waals surface area (Å²) in [7, 11) is 0. The average molecular weight is 266 g/mol. The van der Waals surface area contributed by atoms with E-state index in [9.17, 15) is 0 Å². The molecule has 0 saturated carbocycles. The Morgan fingerprint density at radius 3 is 1.84 bits per heavy atom. The van der Waals surface area contributed by atoms with Crippen molar-refractivity contribution in [1.82, 2.24) is 9.80 Å². The van der Waals surface area contributed by atoms with E-state index >= 15 is 0 Å². The van der Waals surface area contributed by atoms with Gasteiger partial charge in [0.15, 0.2) is 0 Å². The van der Waals surface area contributed by atoms with Crippen LogP contribution in [0, 0.1) is 11.3 Å². The second-order valence-corrected chi connectivity index (χ2v) is 7.65. The average Bonchev–Trinajstić information content (AvgIpc) is 2.39. The lowest BCUT2D eigenvalue weighted by atomic mass is 9.71. The zero-order valence-electron chi connectivity index (χ0n) is 13.6. The third-order valence-electron chi connectivity index (χ3n) is 5.53. The minimum Gasteiger partial charge on any atom is -0.303 e. The molecular formula is C17H34N2. The van der Waals surface area contributed by atoms with Crippen LogP contribution in [0.2, 0.25) is 0 Å². The van der Waals surface area contributed by atoms with E-state index in [1.165, 1.54) is 64.8 Å². The molecule has 0 aromatic heterocycles. The van der Waals surface area contributed by atoms with Crippen LogP contribution in [-0.2, 0) is 0 Å². The van der Waals surface area contributed by atoms with Crippen molar-refractivity contribution in [3.05, 3.63) is 0 Å². The van der Waals surface area contributed by atoms with Crippen molar-refractivity contribution in [1.29, 1.82) is 0 Å². The van der Waals surface area contributed by atoms with E-state index in [1.807, 2.05) is 0 Å². The van der Waals surface area contributed by atoms with Crippen molar-refractivity contribution in [2.24, 2.45) is 11.3 Å². The quantitative estimate of drug-likeness (QED) is 0.767. The number of likely N-dealkylation sites (tertiary alicyclic amines) is 2. The van der Waals surface area contributed by atoms with Gasteiger partial charge in [0.25, 0.3) is 0 Å². The molecule has 0 bridgehead atoms. The lowest BCUT2D eigenvalue weighted by Crippen LogP contribution is -2.48. The lowest BCUT2D eigenvalue weighted by molar-refractivity contribution is 0.0241. The second kappa shape index (κ2) is 6.58. The highest BCUT2D eigenvalue weighted by atomic mass is 15.2. The first-order valence-corrected chi connectivity index (χ1v) is 8.47. The Morgan fingerprint density at radius 2 is 1.37 bits per heavy atom. The number of rotatable bonds is 4. The monoisotopic (exact) mass is 266 g/mol. The molecule has 0 aromatic carbocycles. The van der Waals surface area contributed by atoms with Crippen LogP contribution in [0.5, 0.6) is 0 Å². The molecule has 0 amide bonds. The molecule has 2 aliphatic heterocycles. The Morgan fingerprint density at radius 1 is 0.842 bits per heavy atom. The molecule has 19 heavy (non-hydrogen) atoms. The lowest BCUT2D eigenvalue weighted by Gasteiger charge is -2.48. The molecule has 0 atom stereocenters. The minimum absolute atomic E-state index is 0.708.